The standard InChI is InChI=1S/C49H81O12P/c1-3-5-7-9-11-13-15-17-19-20-21-22-23-25-27-29-31-33-35-37-39-58-40-42(41-59-62(56,57)61-49-47(54)45(52)44(51)46(53)48(49)55)60-43(50)38-36-34-32-30-28-26-24-18-16-14-12-10-8-6-4-2/h5,7,11-14,17-19,21-22,24-25,27,31,33,42,44-49,51-55H,3-4,6,8-10,15-16,20,23,26,28-30,32,34-41H2,1-2H3,(H,56,57)/b7-5-,13-11-,14-12-,19-17-,22-21-,24-18-,27-25-,33-31-. The molecule has 0 aliphatic heterocycles. The predicted octanol–water partition coefficient (Wildman–Crippen LogP) is 9.53. The first-order valence-electron chi connectivity index (χ1n) is 23.1. The van der Waals surface area contributed by atoms with Crippen molar-refractivity contribution in [3.05, 3.63) is 97.2 Å². The summed E-state index contributed by atoms with van der Waals surface area (Å²) in [5.41, 5.74) is 0. The Hall–Kier alpha value is -2.74. The van der Waals surface area contributed by atoms with Gasteiger partial charge in [-0.15, -0.1) is 0 Å². The summed E-state index contributed by atoms with van der Waals surface area (Å²) in [6.07, 6.45) is 40.5. The smallest absolute Gasteiger partial charge is 0.457 e. The van der Waals surface area contributed by atoms with Crippen LogP contribution in [0.5, 0.6) is 0 Å². The fraction of sp³-hybridized carbons (Fsp3) is 0.653. The monoisotopic (exact) mass is 893 g/mol. The van der Waals surface area contributed by atoms with Crippen LogP contribution in [0.2, 0.25) is 0 Å². The van der Waals surface area contributed by atoms with Crippen LogP contribution in [0, 0.1) is 0 Å². The number of carbonyl (C=O) groups is 1. The number of phosphoric acid groups is 1. The van der Waals surface area contributed by atoms with Gasteiger partial charge in [0.05, 0.1) is 13.2 Å². The Kier molecular flexibility index (Phi) is 35.7. The zero-order valence-electron chi connectivity index (χ0n) is 37.6. The van der Waals surface area contributed by atoms with Gasteiger partial charge in [-0.3, -0.25) is 13.8 Å². The Morgan fingerprint density at radius 2 is 0.952 bits per heavy atom. The summed E-state index contributed by atoms with van der Waals surface area (Å²) < 4.78 is 34.1. The highest BCUT2D eigenvalue weighted by Crippen LogP contribution is 2.47. The normalized spacial score (nSPS) is 22.9. The Labute approximate surface area is 373 Å². The second kappa shape index (κ2) is 38.7. The lowest BCUT2D eigenvalue weighted by atomic mass is 9.85. The van der Waals surface area contributed by atoms with Gasteiger partial charge in [-0.1, -0.05) is 143 Å². The third kappa shape index (κ3) is 30.4. The van der Waals surface area contributed by atoms with Gasteiger partial charge in [0.25, 0.3) is 0 Å². The number of unbranched alkanes of at least 4 members (excludes halogenated alkanes) is 9. The van der Waals surface area contributed by atoms with Gasteiger partial charge in [0.2, 0.25) is 0 Å². The second-order valence-electron chi connectivity index (χ2n) is 15.5. The van der Waals surface area contributed by atoms with Crippen LogP contribution in [0.25, 0.3) is 0 Å². The molecule has 6 atom stereocenters. The van der Waals surface area contributed by atoms with E-state index >= 15 is 0 Å². The number of esters is 1. The summed E-state index contributed by atoms with van der Waals surface area (Å²) in [4.78, 5) is 23.1. The van der Waals surface area contributed by atoms with Gasteiger partial charge in [0.1, 0.15) is 42.7 Å². The van der Waals surface area contributed by atoms with Crippen LogP contribution in [0.1, 0.15) is 142 Å². The number of carbonyl (C=O) groups excluding carboxylic acids is 1. The van der Waals surface area contributed by atoms with E-state index in [-0.39, 0.29) is 13.0 Å². The summed E-state index contributed by atoms with van der Waals surface area (Å²) in [6.45, 7) is 3.93. The maximum atomic E-state index is 12.8. The minimum absolute atomic E-state index is 0.129. The molecule has 62 heavy (non-hydrogen) atoms. The van der Waals surface area contributed by atoms with Gasteiger partial charge >= 0.3 is 13.8 Å². The molecule has 354 valence electrons. The number of ether oxygens (including phenoxy) is 2. The Bertz CT molecular complexity index is 1390. The van der Waals surface area contributed by atoms with Crippen LogP contribution in [0.3, 0.4) is 0 Å². The van der Waals surface area contributed by atoms with Crippen molar-refractivity contribution < 1.29 is 58.3 Å². The molecule has 0 heterocycles. The molecule has 6 N–H and O–H groups in total. The van der Waals surface area contributed by atoms with E-state index in [1.807, 2.05) is 0 Å². The summed E-state index contributed by atoms with van der Waals surface area (Å²) in [5, 5.41) is 50.2. The molecular formula is C49H81O12P. The first-order chi connectivity index (χ1) is 30.0. The van der Waals surface area contributed by atoms with Crippen LogP contribution in [0.15, 0.2) is 97.2 Å². The molecule has 0 spiro atoms. The fourth-order valence-corrected chi connectivity index (χ4v) is 7.25. The second-order valence-corrected chi connectivity index (χ2v) is 16.9. The van der Waals surface area contributed by atoms with Crippen molar-refractivity contribution >= 4 is 13.8 Å². The average molecular weight is 893 g/mol. The highest BCUT2D eigenvalue weighted by molar-refractivity contribution is 7.47. The van der Waals surface area contributed by atoms with Crippen LogP contribution < -0.4 is 0 Å². The third-order valence-corrected chi connectivity index (χ3v) is 10.9. The Morgan fingerprint density at radius 3 is 1.45 bits per heavy atom. The topological polar surface area (TPSA) is 192 Å². The van der Waals surface area contributed by atoms with Crippen LogP contribution in [0.4, 0.5) is 0 Å². The number of rotatable bonds is 37. The minimum atomic E-state index is -5.04. The summed E-state index contributed by atoms with van der Waals surface area (Å²) >= 11 is 0. The lowest BCUT2D eigenvalue weighted by Crippen LogP contribution is -2.64. The molecule has 0 bridgehead atoms. The van der Waals surface area contributed by atoms with Crippen molar-refractivity contribution in [2.45, 2.75) is 185 Å². The van der Waals surface area contributed by atoms with Crippen molar-refractivity contribution in [1.29, 1.82) is 0 Å². The van der Waals surface area contributed by atoms with Gasteiger partial charge in [-0.2, -0.15) is 0 Å². The SMILES string of the molecule is CC/C=C\C/C=C\C/C=C\C/C=C\C/C=C\C/C=C\CCCOCC(COP(=O)(O)OC1C(O)C(O)C(O)C(O)C1O)OC(=O)CCCCCCC/C=C\C/C=C\CCCCC. The Morgan fingerprint density at radius 1 is 0.532 bits per heavy atom. The van der Waals surface area contributed by atoms with Crippen LogP contribution >= 0.6 is 7.82 Å². The quantitative estimate of drug-likeness (QED) is 0.0150. The van der Waals surface area contributed by atoms with Gasteiger partial charge in [-0.25, -0.2) is 4.57 Å². The van der Waals surface area contributed by atoms with Gasteiger partial charge in [0.15, 0.2) is 0 Å². The van der Waals surface area contributed by atoms with Crippen molar-refractivity contribution in [2.24, 2.45) is 0 Å². The molecule has 0 radical (unpaired) electrons. The van der Waals surface area contributed by atoms with E-state index in [4.69, 9.17) is 18.5 Å². The maximum absolute atomic E-state index is 12.8. The van der Waals surface area contributed by atoms with E-state index in [0.717, 1.165) is 89.9 Å². The lowest BCUT2D eigenvalue weighted by molar-refractivity contribution is -0.220. The first kappa shape index (κ1) is 57.3. The zero-order chi connectivity index (χ0) is 45.5. The third-order valence-electron chi connectivity index (χ3n) is 9.94. The van der Waals surface area contributed by atoms with Crippen LogP contribution in [-0.4, -0.2) is 98.9 Å². The summed E-state index contributed by atoms with van der Waals surface area (Å²) in [5.74, 6) is -0.516. The molecular weight excluding hydrogens is 812 g/mol. The molecule has 1 fully saturated rings. The number of phosphoric ester groups is 1. The molecule has 1 saturated carbocycles. The van der Waals surface area contributed by atoms with Crippen molar-refractivity contribution in [2.75, 3.05) is 19.8 Å². The van der Waals surface area contributed by atoms with Crippen molar-refractivity contribution in [1.82, 2.24) is 0 Å². The molecule has 0 saturated heterocycles. The van der Waals surface area contributed by atoms with E-state index in [1.54, 1.807) is 0 Å². The zero-order valence-corrected chi connectivity index (χ0v) is 38.5. The molecule has 0 aromatic rings. The fourth-order valence-electron chi connectivity index (χ4n) is 6.28. The largest absolute Gasteiger partial charge is 0.472 e. The molecule has 0 aromatic carbocycles. The van der Waals surface area contributed by atoms with E-state index in [9.17, 15) is 39.8 Å². The highest BCUT2D eigenvalue weighted by atomic mass is 31.2. The molecule has 0 amide bonds. The van der Waals surface area contributed by atoms with Gasteiger partial charge < -0.3 is 39.9 Å². The van der Waals surface area contributed by atoms with E-state index < -0.39 is 63.1 Å². The number of aliphatic hydroxyl groups excluding tert-OH is 5. The van der Waals surface area contributed by atoms with Gasteiger partial charge in [0, 0.05) is 13.0 Å². The summed E-state index contributed by atoms with van der Waals surface area (Å²) in [6, 6.07) is 0. The number of allylic oxidation sites excluding steroid dienone is 16. The van der Waals surface area contributed by atoms with Gasteiger partial charge in [-0.05, 0) is 89.9 Å². The number of aliphatic hydroxyl groups is 5. The van der Waals surface area contributed by atoms with E-state index in [1.165, 1.54) is 19.3 Å². The number of hydrogen-bond acceptors (Lipinski definition) is 11. The molecule has 12 nitrogen and oxygen atoms in total. The van der Waals surface area contributed by atoms with Crippen molar-refractivity contribution in [3.8, 4) is 0 Å². The highest BCUT2D eigenvalue weighted by Gasteiger charge is 2.51. The molecule has 13 heteroatoms. The van der Waals surface area contributed by atoms with Crippen LogP contribution in [-0.2, 0) is 27.9 Å². The summed E-state index contributed by atoms with van der Waals surface area (Å²) in [7, 11) is -5.04. The lowest BCUT2D eigenvalue weighted by Gasteiger charge is -2.41. The number of hydrogen-bond donors (Lipinski definition) is 6. The molecule has 0 aromatic heterocycles. The molecule has 1 aliphatic rings. The van der Waals surface area contributed by atoms with E-state index in [2.05, 4.69) is 111 Å². The average Bonchev–Trinajstić information content (AvgIpc) is 3.26. The molecule has 1 rings (SSSR count). The predicted molar refractivity (Wildman–Crippen MR) is 248 cm³/mol. The maximum Gasteiger partial charge on any atom is 0.472 e. The van der Waals surface area contributed by atoms with Crippen molar-refractivity contribution in [3.63, 3.8) is 0 Å². The first-order valence-corrected chi connectivity index (χ1v) is 24.6. The molecule has 1 aliphatic carbocycles. The molecule has 6 unspecified atom stereocenters. The Balaban J connectivity index is 2.47. The minimum Gasteiger partial charge on any atom is -0.457 e. The van der Waals surface area contributed by atoms with E-state index in [0.29, 0.717) is 19.4 Å².